The van der Waals surface area contributed by atoms with Crippen LogP contribution in [0.4, 0.5) is 0 Å². The van der Waals surface area contributed by atoms with Gasteiger partial charge in [0.05, 0.1) is 5.02 Å². The summed E-state index contributed by atoms with van der Waals surface area (Å²) in [6.45, 7) is 10.8. The van der Waals surface area contributed by atoms with Gasteiger partial charge in [-0.25, -0.2) is 0 Å². The van der Waals surface area contributed by atoms with Crippen molar-refractivity contribution in [3.8, 4) is 11.5 Å². The van der Waals surface area contributed by atoms with Crippen molar-refractivity contribution in [2.24, 2.45) is 5.92 Å². The molecule has 1 saturated carbocycles. The Kier molecular flexibility index (Phi) is 4.79. The Hall–Kier alpha value is -0.930. The highest BCUT2D eigenvalue weighted by Crippen LogP contribution is 2.52. The summed E-state index contributed by atoms with van der Waals surface area (Å²) in [6, 6.07) is 2.72. The lowest BCUT2D eigenvalue weighted by Crippen LogP contribution is -2.46. The Morgan fingerprint density at radius 1 is 1.08 bits per heavy atom. The number of rotatable bonds is 2. The molecule has 0 spiro atoms. The van der Waals surface area contributed by atoms with Crippen molar-refractivity contribution < 1.29 is 9.47 Å². The Morgan fingerprint density at radius 2 is 1.64 bits per heavy atom. The second-order valence-electron chi connectivity index (χ2n) is 9.13. The fraction of sp³-hybridized carbons (Fsp3) is 0.714. The zero-order valence-electron chi connectivity index (χ0n) is 16.7. The molecule has 4 heteroatoms. The smallest absolute Gasteiger partial charge is 0.251 e. The van der Waals surface area contributed by atoms with Crippen LogP contribution in [0.5, 0.6) is 11.5 Å². The minimum atomic E-state index is -0.607. The van der Waals surface area contributed by atoms with Crippen LogP contribution in [0.2, 0.25) is 5.02 Å². The normalized spacial score (nSPS) is 29.3. The molecule has 0 bridgehead atoms. The number of benzene rings is 1. The SMILES string of the molecule is Cc1c(C(C)(C)C)cc(Cl)c2c1O[C@@](C)(C1CCC(N(C)C)CC1)O2. The van der Waals surface area contributed by atoms with E-state index in [9.17, 15) is 0 Å². The molecular formula is C21H32ClNO2. The number of halogens is 1. The molecule has 0 radical (unpaired) electrons. The zero-order chi connectivity index (χ0) is 18.6. The molecule has 0 saturated heterocycles. The van der Waals surface area contributed by atoms with Gasteiger partial charge in [-0.1, -0.05) is 32.4 Å². The van der Waals surface area contributed by atoms with Crippen LogP contribution in [0, 0.1) is 12.8 Å². The molecule has 1 heterocycles. The molecule has 0 amide bonds. The summed E-state index contributed by atoms with van der Waals surface area (Å²) in [4.78, 5) is 2.33. The van der Waals surface area contributed by atoms with Crippen LogP contribution in [0.25, 0.3) is 0 Å². The maximum absolute atomic E-state index is 6.57. The second-order valence-corrected chi connectivity index (χ2v) is 9.54. The first-order valence-electron chi connectivity index (χ1n) is 9.41. The first-order chi connectivity index (χ1) is 11.5. The van der Waals surface area contributed by atoms with Gasteiger partial charge < -0.3 is 14.4 Å². The van der Waals surface area contributed by atoms with Crippen LogP contribution in [0.15, 0.2) is 6.07 Å². The van der Waals surface area contributed by atoms with Crippen LogP contribution < -0.4 is 9.47 Å². The van der Waals surface area contributed by atoms with Gasteiger partial charge in [-0.05, 0) is 69.3 Å². The van der Waals surface area contributed by atoms with E-state index in [2.05, 4.69) is 53.6 Å². The molecule has 1 aliphatic heterocycles. The molecule has 0 N–H and O–H groups in total. The van der Waals surface area contributed by atoms with E-state index in [4.69, 9.17) is 21.1 Å². The third kappa shape index (κ3) is 3.38. The first-order valence-corrected chi connectivity index (χ1v) is 9.79. The largest absolute Gasteiger partial charge is 0.448 e. The van der Waals surface area contributed by atoms with E-state index in [1.807, 2.05) is 6.07 Å². The van der Waals surface area contributed by atoms with Gasteiger partial charge >= 0.3 is 0 Å². The van der Waals surface area contributed by atoms with Crippen molar-refractivity contribution >= 4 is 11.6 Å². The third-order valence-electron chi connectivity index (χ3n) is 6.02. The molecule has 1 fully saturated rings. The van der Waals surface area contributed by atoms with Crippen molar-refractivity contribution in [1.82, 2.24) is 4.90 Å². The van der Waals surface area contributed by atoms with E-state index >= 15 is 0 Å². The summed E-state index contributed by atoms with van der Waals surface area (Å²) < 4.78 is 12.8. The molecule has 2 aliphatic rings. The topological polar surface area (TPSA) is 21.7 Å². The average molecular weight is 366 g/mol. The lowest BCUT2D eigenvalue weighted by Gasteiger charge is -2.39. The number of hydrogen-bond donors (Lipinski definition) is 0. The lowest BCUT2D eigenvalue weighted by molar-refractivity contribution is -0.123. The quantitative estimate of drug-likeness (QED) is 0.685. The predicted octanol–water partition coefficient (Wildman–Crippen LogP) is 5.55. The maximum Gasteiger partial charge on any atom is 0.251 e. The van der Waals surface area contributed by atoms with Gasteiger partial charge in [0.15, 0.2) is 11.5 Å². The minimum Gasteiger partial charge on any atom is -0.448 e. The number of nitrogens with zero attached hydrogens (tertiary/aromatic N) is 1. The number of ether oxygens (including phenoxy) is 2. The summed E-state index contributed by atoms with van der Waals surface area (Å²) >= 11 is 6.57. The van der Waals surface area contributed by atoms with Crippen LogP contribution in [-0.4, -0.2) is 30.8 Å². The third-order valence-corrected chi connectivity index (χ3v) is 6.31. The molecule has 1 aromatic rings. The highest BCUT2D eigenvalue weighted by Gasteiger charge is 2.47. The fourth-order valence-electron chi connectivity index (χ4n) is 4.41. The van der Waals surface area contributed by atoms with Crippen molar-refractivity contribution in [3.05, 3.63) is 22.2 Å². The van der Waals surface area contributed by atoms with Gasteiger partial charge in [-0.3, -0.25) is 0 Å². The Labute approximate surface area is 157 Å². The summed E-state index contributed by atoms with van der Waals surface area (Å²) in [5, 5.41) is 0.663. The highest BCUT2D eigenvalue weighted by molar-refractivity contribution is 6.32. The van der Waals surface area contributed by atoms with Gasteiger partial charge in [-0.15, -0.1) is 0 Å². The zero-order valence-corrected chi connectivity index (χ0v) is 17.5. The van der Waals surface area contributed by atoms with E-state index < -0.39 is 5.79 Å². The van der Waals surface area contributed by atoms with E-state index in [0.717, 1.165) is 29.9 Å². The van der Waals surface area contributed by atoms with E-state index in [1.165, 1.54) is 18.4 Å². The Bertz CT molecular complexity index is 657. The summed E-state index contributed by atoms with van der Waals surface area (Å²) in [5.41, 5.74) is 2.40. The van der Waals surface area contributed by atoms with E-state index in [1.54, 1.807) is 0 Å². The van der Waals surface area contributed by atoms with Crippen molar-refractivity contribution in [2.75, 3.05) is 14.1 Å². The highest BCUT2D eigenvalue weighted by atomic mass is 35.5. The molecule has 1 aromatic carbocycles. The Balaban J connectivity index is 1.86. The van der Waals surface area contributed by atoms with Gasteiger partial charge in [-0.2, -0.15) is 0 Å². The second kappa shape index (κ2) is 6.35. The molecule has 0 aromatic heterocycles. The fourth-order valence-corrected chi connectivity index (χ4v) is 4.64. The van der Waals surface area contributed by atoms with Crippen molar-refractivity contribution in [3.63, 3.8) is 0 Å². The van der Waals surface area contributed by atoms with Gasteiger partial charge in [0.1, 0.15) is 0 Å². The van der Waals surface area contributed by atoms with Crippen LogP contribution in [0.3, 0.4) is 0 Å². The van der Waals surface area contributed by atoms with Crippen LogP contribution in [-0.2, 0) is 5.41 Å². The minimum absolute atomic E-state index is 0.0227. The summed E-state index contributed by atoms with van der Waals surface area (Å²) in [7, 11) is 4.34. The van der Waals surface area contributed by atoms with E-state index in [0.29, 0.717) is 17.0 Å². The number of hydrogen-bond acceptors (Lipinski definition) is 3. The molecule has 25 heavy (non-hydrogen) atoms. The van der Waals surface area contributed by atoms with Crippen molar-refractivity contribution in [2.45, 2.75) is 77.5 Å². The predicted molar refractivity (Wildman–Crippen MR) is 104 cm³/mol. The maximum atomic E-state index is 6.57. The first kappa shape index (κ1) is 18.8. The summed E-state index contributed by atoms with van der Waals surface area (Å²) in [6.07, 6.45) is 4.62. The number of fused-ring (bicyclic) bond motifs is 1. The van der Waals surface area contributed by atoms with Gasteiger partial charge in [0.25, 0.3) is 5.79 Å². The molecule has 0 unspecified atom stereocenters. The Morgan fingerprint density at radius 3 is 2.16 bits per heavy atom. The lowest BCUT2D eigenvalue weighted by atomic mass is 9.81. The van der Waals surface area contributed by atoms with Crippen LogP contribution >= 0.6 is 11.6 Å². The molecular weight excluding hydrogens is 334 g/mol. The molecule has 3 nitrogen and oxygen atoms in total. The van der Waals surface area contributed by atoms with Crippen LogP contribution in [0.1, 0.15) is 64.5 Å². The van der Waals surface area contributed by atoms with E-state index in [-0.39, 0.29) is 5.41 Å². The molecule has 1 aliphatic carbocycles. The molecule has 140 valence electrons. The summed E-state index contributed by atoms with van der Waals surface area (Å²) in [5.74, 6) is 1.36. The van der Waals surface area contributed by atoms with Gasteiger partial charge in [0.2, 0.25) is 0 Å². The molecule has 3 rings (SSSR count). The monoisotopic (exact) mass is 365 g/mol. The van der Waals surface area contributed by atoms with Gasteiger partial charge in [0, 0.05) is 18.9 Å². The standard InChI is InChI=1S/C21H32ClNO2/c1-13-16(20(2,3)4)12-17(22)19-18(13)24-21(5,25-19)14-8-10-15(11-9-14)23(6)7/h12,14-15H,8-11H2,1-7H3/t14?,15?,21-/m1/s1. The average Bonchev–Trinajstić information content (AvgIpc) is 2.90. The molecule has 1 atom stereocenters. The van der Waals surface area contributed by atoms with Crippen molar-refractivity contribution in [1.29, 1.82) is 0 Å².